The van der Waals surface area contributed by atoms with Crippen molar-refractivity contribution < 1.29 is 13.2 Å². The smallest absolute Gasteiger partial charge is 0.247 e. The van der Waals surface area contributed by atoms with Gasteiger partial charge in [-0.15, -0.1) is 11.3 Å². The average molecular weight is 373 g/mol. The minimum Gasteiger partial charge on any atom is -0.301 e. The van der Waals surface area contributed by atoms with Crippen molar-refractivity contribution in [1.29, 1.82) is 0 Å². The van der Waals surface area contributed by atoms with Crippen molar-refractivity contribution in [2.24, 2.45) is 0 Å². The van der Waals surface area contributed by atoms with E-state index in [1.54, 1.807) is 0 Å². The van der Waals surface area contributed by atoms with Crippen LogP contribution < -0.4 is 5.32 Å². The number of aryl methyl sites for hydroxylation is 2. The van der Waals surface area contributed by atoms with Crippen molar-refractivity contribution in [2.75, 3.05) is 5.32 Å². The zero-order valence-corrected chi connectivity index (χ0v) is 15.6. The fourth-order valence-corrected chi connectivity index (χ4v) is 4.12. The number of hydrogen-bond donors (Lipinski definition) is 1. The number of sulfone groups is 1. The third-order valence-corrected chi connectivity index (χ3v) is 7.25. The molecule has 8 heteroatoms. The quantitative estimate of drug-likeness (QED) is 0.889. The fraction of sp³-hybridized carbons (Fsp3) is 0.333. The van der Waals surface area contributed by atoms with E-state index in [0.717, 1.165) is 10.6 Å². The number of anilines is 1. The van der Waals surface area contributed by atoms with E-state index in [-0.39, 0.29) is 4.90 Å². The summed E-state index contributed by atoms with van der Waals surface area (Å²) < 4.78 is 23.9. The molecule has 0 saturated carbocycles. The Balaban J connectivity index is 2.31. The number of hydrogen-bond acceptors (Lipinski definition) is 5. The van der Waals surface area contributed by atoms with Crippen LogP contribution in [0.1, 0.15) is 24.4 Å². The van der Waals surface area contributed by atoms with Crippen LogP contribution in [0.3, 0.4) is 0 Å². The molecule has 124 valence electrons. The maximum Gasteiger partial charge on any atom is 0.247 e. The van der Waals surface area contributed by atoms with Gasteiger partial charge in [-0.1, -0.05) is 11.6 Å². The molecule has 1 heterocycles. The van der Waals surface area contributed by atoms with Gasteiger partial charge in [0, 0.05) is 9.90 Å². The van der Waals surface area contributed by atoms with E-state index < -0.39 is 20.5 Å². The molecule has 0 aliphatic rings. The second-order valence-electron chi connectivity index (χ2n) is 5.58. The lowest BCUT2D eigenvalue weighted by Gasteiger charge is -2.23. The number of amides is 1. The van der Waals surface area contributed by atoms with Gasteiger partial charge in [0.25, 0.3) is 0 Å². The average Bonchev–Trinajstić information content (AvgIpc) is 2.77. The molecule has 0 saturated heterocycles. The highest BCUT2D eigenvalue weighted by atomic mass is 35.5. The molecule has 0 unspecified atom stereocenters. The van der Waals surface area contributed by atoms with E-state index in [1.807, 2.05) is 13.8 Å². The molecule has 1 amide bonds. The summed E-state index contributed by atoms with van der Waals surface area (Å²) in [6, 6.07) is 5.75. The fourth-order valence-electron chi connectivity index (χ4n) is 1.80. The molecule has 1 aromatic heterocycles. The van der Waals surface area contributed by atoms with Crippen LogP contribution in [0.2, 0.25) is 5.02 Å². The number of thiazole rings is 1. The summed E-state index contributed by atoms with van der Waals surface area (Å²) in [6.45, 7) is 6.47. The summed E-state index contributed by atoms with van der Waals surface area (Å²) >= 11 is 7.09. The van der Waals surface area contributed by atoms with Crippen LogP contribution in [0.25, 0.3) is 0 Å². The molecule has 0 aliphatic heterocycles. The number of carbonyl (C=O) groups is 1. The summed E-state index contributed by atoms with van der Waals surface area (Å²) in [4.78, 5) is 17.7. The molecule has 2 rings (SSSR count). The SMILES string of the molecule is Cc1nc(NC(=O)C(C)(C)S(=O)(=O)c2ccc(Cl)cc2)sc1C. The van der Waals surface area contributed by atoms with Crippen LogP contribution >= 0.6 is 22.9 Å². The Morgan fingerprint density at radius 1 is 1.22 bits per heavy atom. The van der Waals surface area contributed by atoms with Crippen molar-refractivity contribution in [2.45, 2.75) is 37.3 Å². The van der Waals surface area contributed by atoms with E-state index in [0.29, 0.717) is 10.2 Å². The minimum atomic E-state index is -3.87. The zero-order chi connectivity index (χ0) is 17.4. The molecule has 0 spiro atoms. The third kappa shape index (κ3) is 3.41. The maximum atomic E-state index is 12.7. The van der Waals surface area contributed by atoms with Crippen molar-refractivity contribution >= 4 is 43.8 Å². The summed E-state index contributed by atoms with van der Waals surface area (Å²) in [7, 11) is -3.87. The monoisotopic (exact) mass is 372 g/mol. The summed E-state index contributed by atoms with van der Waals surface area (Å²) in [5.74, 6) is -0.624. The number of nitrogens with one attached hydrogen (secondary N) is 1. The molecule has 0 fully saturated rings. The molecular weight excluding hydrogens is 356 g/mol. The van der Waals surface area contributed by atoms with Crippen molar-refractivity contribution in [3.05, 3.63) is 39.9 Å². The van der Waals surface area contributed by atoms with Crippen LogP contribution in [0.5, 0.6) is 0 Å². The third-order valence-electron chi connectivity index (χ3n) is 3.59. The number of carbonyl (C=O) groups excluding carboxylic acids is 1. The van der Waals surface area contributed by atoms with Crippen LogP contribution in [0.15, 0.2) is 29.2 Å². The van der Waals surface area contributed by atoms with E-state index >= 15 is 0 Å². The van der Waals surface area contributed by atoms with Gasteiger partial charge in [0.2, 0.25) is 5.91 Å². The van der Waals surface area contributed by atoms with Gasteiger partial charge in [-0.05, 0) is 52.0 Å². The van der Waals surface area contributed by atoms with Gasteiger partial charge in [-0.2, -0.15) is 0 Å². The molecule has 1 N–H and O–H groups in total. The summed E-state index contributed by atoms with van der Waals surface area (Å²) in [5.41, 5.74) is 0.809. The molecular formula is C15H17ClN2O3S2. The molecule has 0 aliphatic carbocycles. The van der Waals surface area contributed by atoms with E-state index in [1.165, 1.54) is 49.4 Å². The molecule has 2 aromatic rings. The lowest BCUT2D eigenvalue weighted by atomic mass is 10.2. The maximum absolute atomic E-state index is 12.7. The van der Waals surface area contributed by atoms with Gasteiger partial charge in [-0.3, -0.25) is 4.79 Å². The van der Waals surface area contributed by atoms with E-state index in [9.17, 15) is 13.2 Å². The highest BCUT2D eigenvalue weighted by Crippen LogP contribution is 2.29. The van der Waals surface area contributed by atoms with Crippen LogP contribution in [0.4, 0.5) is 5.13 Å². The highest BCUT2D eigenvalue weighted by Gasteiger charge is 2.43. The predicted molar refractivity (Wildman–Crippen MR) is 92.9 cm³/mol. The zero-order valence-electron chi connectivity index (χ0n) is 13.2. The first-order valence-corrected chi connectivity index (χ1v) is 9.49. The standard InChI is InChI=1S/C15H17ClN2O3S2/c1-9-10(2)22-14(17-9)18-13(19)15(3,4)23(20,21)12-7-5-11(16)6-8-12/h5-8H,1-4H3,(H,17,18,19). The predicted octanol–water partition coefficient (Wildman–Crippen LogP) is 3.60. The Morgan fingerprint density at radius 2 is 1.78 bits per heavy atom. The Labute approximate surface area is 144 Å². The normalized spacial score (nSPS) is 12.2. The number of aromatic nitrogens is 1. The minimum absolute atomic E-state index is 0.0496. The highest BCUT2D eigenvalue weighted by molar-refractivity contribution is 7.93. The molecule has 0 atom stereocenters. The largest absolute Gasteiger partial charge is 0.301 e. The Bertz CT molecular complexity index is 821. The Morgan fingerprint density at radius 3 is 2.26 bits per heavy atom. The van der Waals surface area contributed by atoms with Crippen LogP contribution in [0, 0.1) is 13.8 Å². The lowest BCUT2D eigenvalue weighted by Crippen LogP contribution is -2.44. The van der Waals surface area contributed by atoms with Crippen molar-refractivity contribution in [3.8, 4) is 0 Å². The molecule has 5 nitrogen and oxygen atoms in total. The van der Waals surface area contributed by atoms with E-state index in [4.69, 9.17) is 11.6 Å². The van der Waals surface area contributed by atoms with E-state index in [2.05, 4.69) is 10.3 Å². The van der Waals surface area contributed by atoms with Gasteiger partial charge >= 0.3 is 0 Å². The van der Waals surface area contributed by atoms with Crippen LogP contribution in [-0.2, 0) is 14.6 Å². The second-order valence-corrected chi connectivity index (χ2v) is 9.72. The van der Waals surface area contributed by atoms with Crippen LogP contribution in [-0.4, -0.2) is 24.1 Å². The van der Waals surface area contributed by atoms with Crippen molar-refractivity contribution in [3.63, 3.8) is 0 Å². The molecule has 1 aromatic carbocycles. The first kappa shape index (κ1) is 17.9. The van der Waals surface area contributed by atoms with Gasteiger partial charge in [0.15, 0.2) is 15.0 Å². The number of halogens is 1. The molecule has 0 radical (unpaired) electrons. The summed E-state index contributed by atoms with van der Waals surface area (Å²) in [5, 5.41) is 3.42. The van der Waals surface area contributed by atoms with Crippen molar-refractivity contribution in [1.82, 2.24) is 4.98 Å². The lowest BCUT2D eigenvalue weighted by molar-refractivity contribution is -0.117. The first-order valence-electron chi connectivity index (χ1n) is 6.81. The van der Waals surface area contributed by atoms with Gasteiger partial charge < -0.3 is 5.32 Å². The number of nitrogens with zero attached hydrogens (tertiary/aromatic N) is 1. The topological polar surface area (TPSA) is 76.1 Å². The number of rotatable bonds is 4. The second kappa shape index (κ2) is 6.22. The first-order chi connectivity index (χ1) is 10.6. The number of benzene rings is 1. The van der Waals surface area contributed by atoms with Gasteiger partial charge in [-0.25, -0.2) is 13.4 Å². The molecule has 23 heavy (non-hydrogen) atoms. The Hall–Kier alpha value is -1.44. The molecule has 0 bridgehead atoms. The van der Waals surface area contributed by atoms with Gasteiger partial charge in [0.1, 0.15) is 4.75 Å². The van der Waals surface area contributed by atoms with Gasteiger partial charge in [0.05, 0.1) is 10.6 Å². The summed E-state index contributed by atoms with van der Waals surface area (Å²) in [6.07, 6.45) is 0. The Kier molecular flexibility index (Phi) is 4.84.